The summed E-state index contributed by atoms with van der Waals surface area (Å²) in [6.07, 6.45) is 3.50. The Balaban J connectivity index is 1.67. The lowest BCUT2D eigenvalue weighted by Gasteiger charge is -2.16. The van der Waals surface area contributed by atoms with Crippen LogP contribution in [-0.2, 0) is 21.4 Å². The number of aromatic nitrogens is 2. The van der Waals surface area contributed by atoms with Gasteiger partial charge in [-0.1, -0.05) is 6.07 Å². The third kappa shape index (κ3) is 4.75. The molecule has 0 radical (unpaired) electrons. The Morgan fingerprint density at radius 3 is 2.71 bits per heavy atom. The van der Waals surface area contributed by atoms with Crippen molar-refractivity contribution in [2.24, 2.45) is 0 Å². The summed E-state index contributed by atoms with van der Waals surface area (Å²) in [4.78, 5) is 19.1. The van der Waals surface area contributed by atoms with Crippen molar-refractivity contribution in [1.29, 1.82) is 0 Å². The highest BCUT2D eigenvalue weighted by Crippen LogP contribution is 2.29. The number of hydrogen-bond acceptors (Lipinski definition) is 6. The molecule has 0 spiro atoms. The number of carbonyl (C=O) groups excluding carboxylic acids is 1. The third-order valence-corrected chi connectivity index (χ3v) is 7.44. The van der Waals surface area contributed by atoms with Gasteiger partial charge in [-0.2, -0.15) is 0 Å². The maximum absolute atomic E-state index is 13.1. The highest BCUT2D eigenvalue weighted by atomic mass is 32.2. The Morgan fingerprint density at radius 2 is 2.03 bits per heavy atom. The van der Waals surface area contributed by atoms with Gasteiger partial charge in [0.15, 0.2) is 0 Å². The molecule has 0 bridgehead atoms. The zero-order valence-corrected chi connectivity index (χ0v) is 19.0. The molecule has 1 aromatic carbocycles. The standard InChI is InChI=1S/C21H24N4O4S2/c1-15-14-30-21(22-15)19-11-18(12-25(19)13-20(26)24-8-3-4-9-24)31(27,28)23-16-6-5-7-17(10-16)29-2/h5-7,10-12,14,23H,3-4,8-9,13H2,1-2H3. The van der Waals surface area contributed by atoms with Gasteiger partial charge >= 0.3 is 0 Å². The van der Waals surface area contributed by atoms with Crippen molar-refractivity contribution in [3.63, 3.8) is 0 Å². The number of aryl methyl sites for hydroxylation is 1. The van der Waals surface area contributed by atoms with E-state index in [1.165, 1.54) is 24.6 Å². The van der Waals surface area contributed by atoms with Crippen LogP contribution >= 0.6 is 11.3 Å². The number of sulfonamides is 1. The van der Waals surface area contributed by atoms with Crippen molar-refractivity contribution in [2.75, 3.05) is 24.9 Å². The number of amides is 1. The second kappa shape index (κ2) is 8.72. The fourth-order valence-electron chi connectivity index (χ4n) is 3.52. The first-order valence-corrected chi connectivity index (χ1v) is 12.3. The van der Waals surface area contributed by atoms with Gasteiger partial charge in [0.1, 0.15) is 22.2 Å². The van der Waals surface area contributed by atoms with Crippen molar-refractivity contribution < 1.29 is 17.9 Å². The maximum Gasteiger partial charge on any atom is 0.263 e. The number of anilines is 1. The Kier molecular flexibility index (Phi) is 6.01. The number of hydrogen-bond donors (Lipinski definition) is 1. The molecule has 1 aliphatic rings. The second-order valence-corrected chi connectivity index (χ2v) is 9.95. The van der Waals surface area contributed by atoms with Gasteiger partial charge in [0.25, 0.3) is 10.0 Å². The van der Waals surface area contributed by atoms with Crippen LogP contribution in [0, 0.1) is 6.92 Å². The normalized spacial score (nSPS) is 14.1. The average Bonchev–Trinajstić information content (AvgIpc) is 3.48. The lowest BCUT2D eigenvalue weighted by Crippen LogP contribution is -2.31. The van der Waals surface area contributed by atoms with E-state index in [1.54, 1.807) is 34.9 Å². The summed E-state index contributed by atoms with van der Waals surface area (Å²) in [7, 11) is -2.35. The average molecular weight is 461 g/mol. The highest BCUT2D eigenvalue weighted by Gasteiger charge is 2.24. The minimum Gasteiger partial charge on any atom is -0.497 e. The molecule has 0 unspecified atom stereocenters. The van der Waals surface area contributed by atoms with E-state index in [0.29, 0.717) is 22.1 Å². The Morgan fingerprint density at radius 1 is 1.26 bits per heavy atom. The van der Waals surface area contributed by atoms with E-state index >= 15 is 0 Å². The fourth-order valence-corrected chi connectivity index (χ4v) is 5.44. The molecule has 2 aromatic heterocycles. The number of benzene rings is 1. The lowest BCUT2D eigenvalue weighted by molar-refractivity contribution is -0.130. The predicted molar refractivity (Wildman–Crippen MR) is 120 cm³/mol. The van der Waals surface area contributed by atoms with E-state index in [2.05, 4.69) is 9.71 Å². The molecule has 1 amide bonds. The number of carbonyl (C=O) groups is 1. The first-order valence-electron chi connectivity index (χ1n) is 9.93. The third-order valence-electron chi connectivity index (χ3n) is 5.11. The lowest BCUT2D eigenvalue weighted by atomic mass is 10.3. The van der Waals surface area contributed by atoms with E-state index in [0.717, 1.165) is 31.6 Å². The van der Waals surface area contributed by atoms with Crippen LogP contribution in [0.3, 0.4) is 0 Å². The molecule has 31 heavy (non-hydrogen) atoms. The summed E-state index contributed by atoms with van der Waals surface area (Å²) in [5.74, 6) is 0.528. The Hall–Kier alpha value is -2.85. The van der Waals surface area contributed by atoms with Crippen molar-refractivity contribution in [3.05, 3.63) is 47.6 Å². The summed E-state index contributed by atoms with van der Waals surface area (Å²) in [6, 6.07) is 8.27. The molecule has 10 heteroatoms. The predicted octanol–water partition coefficient (Wildman–Crippen LogP) is 3.35. The smallest absolute Gasteiger partial charge is 0.263 e. The van der Waals surface area contributed by atoms with Crippen LogP contribution in [0.1, 0.15) is 18.5 Å². The van der Waals surface area contributed by atoms with Gasteiger partial charge in [0.05, 0.1) is 18.5 Å². The molecule has 1 saturated heterocycles. The number of ether oxygens (including phenoxy) is 1. The van der Waals surface area contributed by atoms with Gasteiger partial charge in [0.2, 0.25) is 5.91 Å². The second-order valence-electron chi connectivity index (χ2n) is 7.41. The zero-order valence-electron chi connectivity index (χ0n) is 17.4. The van der Waals surface area contributed by atoms with E-state index in [1.807, 2.05) is 17.2 Å². The van der Waals surface area contributed by atoms with Crippen LogP contribution in [-0.4, -0.2) is 49.0 Å². The Labute approximate surface area is 185 Å². The molecule has 1 N–H and O–H groups in total. The van der Waals surface area contributed by atoms with Crippen LogP contribution in [0.4, 0.5) is 5.69 Å². The first-order chi connectivity index (χ1) is 14.9. The van der Waals surface area contributed by atoms with Crippen LogP contribution in [0.25, 0.3) is 10.7 Å². The molecule has 3 aromatic rings. The van der Waals surface area contributed by atoms with Crippen molar-refractivity contribution >= 4 is 33.0 Å². The van der Waals surface area contributed by atoms with Crippen LogP contribution in [0.15, 0.2) is 46.8 Å². The molecule has 8 nitrogen and oxygen atoms in total. The van der Waals surface area contributed by atoms with Crippen LogP contribution in [0.2, 0.25) is 0 Å². The first kappa shape index (κ1) is 21.4. The van der Waals surface area contributed by atoms with Gasteiger partial charge in [-0.3, -0.25) is 9.52 Å². The number of nitrogens with one attached hydrogen (secondary N) is 1. The largest absolute Gasteiger partial charge is 0.497 e. The zero-order chi connectivity index (χ0) is 22.0. The summed E-state index contributed by atoms with van der Waals surface area (Å²) in [5, 5.41) is 2.58. The highest BCUT2D eigenvalue weighted by molar-refractivity contribution is 7.92. The van der Waals surface area contributed by atoms with Crippen molar-refractivity contribution in [2.45, 2.75) is 31.2 Å². The van der Waals surface area contributed by atoms with Crippen LogP contribution < -0.4 is 9.46 Å². The van der Waals surface area contributed by atoms with E-state index in [4.69, 9.17) is 4.74 Å². The molecule has 1 aliphatic heterocycles. The number of thiazole rings is 1. The number of likely N-dealkylation sites (tertiary alicyclic amines) is 1. The summed E-state index contributed by atoms with van der Waals surface area (Å²) < 4.78 is 35.6. The minimum absolute atomic E-state index is 0.0210. The van der Waals surface area contributed by atoms with E-state index < -0.39 is 10.0 Å². The van der Waals surface area contributed by atoms with E-state index in [9.17, 15) is 13.2 Å². The van der Waals surface area contributed by atoms with Gasteiger partial charge in [-0.25, -0.2) is 13.4 Å². The summed E-state index contributed by atoms with van der Waals surface area (Å²) in [5.41, 5.74) is 1.85. The van der Waals surface area contributed by atoms with Gasteiger partial charge in [-0.15, -0.1) is 11.3 Å². The van der Waals surface area contributed by atoms with E-state index in [-0.39, 0.29) is 17.3 Å². The molecule has 3 heterocycles. The number of rotatable bonds is 7. The Bertz CT molecular complexity index is 1190. The van der Waals surface area contributed by atoms with Crippen molar-refractivity contribution in [3.8, 4) is 16.5 Å². The number of nitrogens with zero attached hydrogens (tertiary/aromatic N) is 3. The molecule has 1 fully saturated rings. The maximum atomic E-state index is 13.1. The quantitative estimate of drug-likeness (QED) is 0.584. The molecule has 0 aliphatic carbocycles. The molecule has 0 saturated carbocycles. The number of methoxy groups -OCH3 is 1. The molecular weight excluding hydrogens is 436 g/mol. The summed E-state index contributed by atoms with van der Waals surface area (Å²) >= 11 is 1.42. The van der Waals surface area contributed by atoms with Gasteiger partial charge in [-0.05, 0) is 38.0 Å². The van der Waals surface area contributed by atoms with Crippen molar-refractivity contribution in [1.82, 2.24) is 14.5 Å². The molecule has 0 atom stereocenters. The fraction of sp³-hybridized carbons (Fsp3) is 0.333. The molecule has 4 rings (SSSR count). The minimum atomic E-state index is -3.87. The molecular formula is C21H24N4O4S2. The van der Waals surface area contributed by atoms with Gasteiger partial charge in [0, 0.05) is 36.4 Å². The van der Waals surface area contributed by atoms with Crippen LogP contribution in [0.5, 0.6) is 5.75 Å². The van der Waals surface area contributed by atoms with Gasteiger partial charge < -0.3 is 14.2 Å². The SMILES string of the molecule is COc1cccc(NS(=O)(=O)c2cc(-c3nc(C)cs3)n(CC(=O)N3CCCC3)c2)c1. The topological polar surface area (TPSA) is 93.5 Å². The molecule has 164 valence electrons. The monoisotopic (exact) mass is 460 g/mol. The summed E-state index contributed by atoms with van der Waals surface area (Å²) in [6.45, 7) is 3.44.